The number of ketones is 1. The maximum absolute atomic E-state index is 13.1. The van der Waals surface area contributed by atoms with E-state index in [0.29, 0.717) is 5.56 Å². The molecule has 0 aliphatic rings. The molecule has 0 unspecified atom stereocenters. The summed E-state index contributed by atoms with van der Waals surface area (Å²) in [7, 11) is 0. The lowest BCUT2D eigenvalue weighted by Gasteiger charge is -2.26. The number of carbonyl (C=O) groups is 1. The number of carbonyl (C=O) groups excluding carboxylic acids is 1. The molecule has 1 aromatic carbocycles. The predicted molar refractivity (Wildman–Crippen MR) is 56.8 cm³/mol. The van der Waals surface area contributed by atoms with Gasteiger partial charge in [-0.2, -0.15) is 30.7 Å². The zero-order chi connectivity index (χ0) is 15.8. The first-order valence-electron chi connectivity index (χ1n) is 5.05. The maximum Gasteiger partial charge on any atom is 0.460 e. The van der Waals surface area contributed by atoms with Crippen LogP contribution in [0, 0.1) is 0 Å². The quantitative estimate of drug-likeness (QED) is 0.597. The van der Waals surface area contributed by atoms with Crippen molar-refractivity contribution >= 4 is 11.9 Å². The molecule has 0 spiro atoms. The summed E-state index contributed by atoms with van der Waals surface area (Å²) in [6.07, 6.45) is -5.26. The maximum atomic E-state index is 13.1. The molecule has 0 atom stereocenters. The van der Waals surface area contributed by atoms with Crippen molar-refractivity contribution in [3.05, 3.63) is 42.0 Å². The topological polar surface area (TPSA) is 17.1 Å². The van der Waals surface area contributed by atoms with E-state index in [2.05, 4.69) is 6.58 Å². The number of Topliss-reactive ketones (excluding diaryl/α,β-unsaturated/α-hetero) is 1. The van der Waals surface area contributed by atoms with E-state index < -0.39 is 29.4 Å². The molecular weight excluding hydrogens is 293 g/mol. The summed E-state index contributed by atoms with van der Waals surface area (Å²) in [5.74, 6) is -14.9. The van der Waals surface area contributed by atoms with Gasteiger partial charge < -0.3 is 0 Å². The molecule has 0 aromatic heterocycles. The van der Waals surface area contributed by atoms with Gasteiger partial charge in [-0.1, -0.05) is 36.9 Å². The fourth-order valence-electron chi connectivity index (χ4n) is 1.27. The minimum Gasteiger partial charge on any atom is -0.287 e. The number of rotatable bonds is 4. The Bertz CT molecular complexity index is 514. The van der Waals surface area contributed by atoms with E-state index >= 15 is 0 Å². The molecule has 20 heavy (non-hydrogen) atoms. The molecule has 0 fully saturated rings. The highest BCUT2D eigenvalue weighted by Gasteiger charge is 2.76. The van der Waals surface area contributed by atoms with Crippen molar-refractivity contribution in [2.24, 2.45) is 0 Å². The number of hydrogen-bond acceptors (Lipinski definition) is 1. The van der Waals surface area contributed by atoms with E-state index in [4.69, 9.17) is 0 Å². The third kappa shape index (κ3) is 2.54. The van der Waals surface area contributed by atoms with Crippen molar-refractivity contribution in [2.75, 3.05) is 0 Å². The number of benzene rings is 1. The van der Waals surface area contributed by atoms with Crippen LogP contribution in [0.25, 0.3) is 6.08 Å². The molecule has 110 valence electrons. The first kappa shape index (κ1) is 16.2. The zero-order valence-electron chi connectivity index (χ0n) is 9.65. The van der Waals surface area contributed by atoms with Gasteiger partial charge in [0.15, 0.2) is 0 Å². The number of hydrogen-bond donors (Lipinski definition) is 0. The first-order valence-corrected chi connectivity index (χ1v) is 5.05. The minimum atomic E-state index is -6.53. The van der Waals surface area contributed by atoms with E-state index in [1.807, 2.05) is 0 Å². The van der Waals surface area contributed by atoms with Gasteiger partial charge in [-0.15, -0.1) is 0 Å². The second-order valence-corrected chi connectivity index (χ2v) is 3.80. The summed E-state index contributed by atoms with van der Waals surface area (Å²) in [6, 6.07) is 3.61. The SMILES string of the molecule is C=Cc1ccc(C(=O)C(F)(F)C(F)(F)C(F)(F)F)cc1. The fourth-order valence-corrected chi connectivity index (χ4v) is 1.27. The largest absolute Gasteiger partial charge is 0.460 e. The summed E-state index contributed by atoms with van der Waals surface area (Å²) in [5, 5.41) is 0. The average Bonchev–Trinajstić information content (AvgIpc) is 2.36. The smallest absolute Gasteiger partial charge is 0.287 e. The van der Waals surface area contributed by atoms with Crippen LogP contribution in [0.5, 0.6) is 0 Å². The molecule has 1 nitrogen and oxygen atoms in total. The van der Waals surface area contributed by atoms with Crippen LogP contribution in [-0.4, -0.2) is 23.8 Å². The van der Waals surface area contributed by atoms with Crippen molar-refractivity contribution < 1.29 is 35.5 Å². The molecule has 1 rings (SSSR count). The number of alkyl halides is 7. The highest BCUT2D eigenvalue weighted by molar-refractivity contribution is 6.02. The van der Waals surface area contributed by atoms with Crippen LogP contribution in [0.2, 0.25) is 0 Å². The van der Waals surface area contributed by atoms with Gasteiger partial charge in [0.05, 0.1) is 0 Å². The summed E-state index contributed by atoms with van der Waals surface area (Å²) in [5.41, 5.74) is -0.572. The average molecular weight is 300 g/mol. The predicted octanol–water partition coefficient (Wildman–Crippen LogP) is 4.35. The van der Waals surface area contributed by atoms with Crippen molar-refractivity contribution in [2.45, 2.75) is 18.0 Å². The van der Waals surface area contributed by atoms with Crippen molar-refractivity contribution in [3.63, 3.8) is 0 Å². The summed E-state index contributed by atoms with van der Waals surface area (Å²) >= 11 is 0. The van der Waals surface area contributed by atoms with Crippen molar-refractivity contribution in [1.29, 1.82) is 0 Å². The molecule has 0 aliphatic heterocycles. The summed E-state index contributed by atoms with van der Waals surface area (Å²) in [4.78, 5) is 11.2. The Hall–Kier alpha value is -1.86. The molecule has 0 N–H and O–H groups in total. The van der Waals surface area contributed by atoms with Crippen LogP contribution in [0.3, 0.4) is 0 Å². The van der Waals surface area contributed by atoms with Crippen LogP contribution < -0.4 is 0 Å². The molecule has 0 aliphatic carbocycles. The van der Waals surface area contributed by atoms with Gasteiger partial charge in [-0.05, 0) is 5.56 Å². The molecule has 1 aromatic rings. The standard InChI is InChI=1S/C12H7F7O/c1-2-7-3-5-8(6-4-7)9(20)10(13,14)11(15,16)12(17,18)19/h2-6H,1H2. The summed E-state index contributed by atoms with van der Waals surface area (Å²) < 4.78 is 87.4. The number of halogens is 7. The third-order valence-corrected chi connectivity index (χ3v) is 2.44. The van der Waals surface area contributed by atoms with Gasteiger partial charge in [-0.25, -0.2) is 0 Å². The Morgan fingerprint density at radius 2 is 1.40 bits per heavy atom. The lowest BCUT2D eigenvalue weighted by molar-refractivity contribution is -0.339. The Morgan fingerprint density at radius 3 is 1.75 bits per heavy atom. The Balaban J connectivity index is 3.20. The molecule has 0 saturated heterocycles. The van der Waals surface area contributed by atoms with Gasteiger partial charge in [0.25, 0.3) is 0 Å². The normalized spacial score (nSPS) is 13.2. The summed E-state index contributed by atoms with van der Waals surface area (Å²) in [6.45, 7) is 3.32. The third-order valence-electron chi connectivity index (χ3n) is 2.44. The van der Waals surface area contributed by atoms with Crippen LogP contribution in [0.15, 0.2) is 30.8 Å². The van der Waals surface area contributed by atoms with Gasteiger partial charge in [-0.3, -0.25) is 4.79 Å². The lowest BCUT2D eigenvalue weighted by Crippen LogP contribution is -2.56. The van der Waals surface area contributed by atoms with E-state index in [1.165, 1.54) is 6.08 Å². The van der Waals surface area contributed by atoms with Gasteiger partial charge >= 0.3 is 18.0 Å². The van der Waals surface area contributed by atoms with Crippen LogP contribution in [0.1, 0.15) is 15.9 Å². The van der Waals surface area contributed by atoms with Gasteiger partial charge in [0, 0.05) is 5.56 Å². The van der Waals surface area contributed by atoms with Crippen LogP contribution >= 0.6 is 0 Å². The van der Waals surface area contributed by atoms with Gasteiger partial charge in [0.1, 0.15) is 0 Å². The highest BCUT2D eigenvalue weighted by atomic mass is 19.4. The second kappa shape index (κ2) is 4.92. The van der Waals surface area contributed by atoms with Crippen molar-refractivity contribution in [1.82, 2.24) is 0 Å². The van der Waals surface area contributed by atoms with E-state index in [0.717, 1.165) is 24.3 Å². The molecule has 0 bridgehead atoms. The van der Waals surface area contributed by atoms with Crippen LogP contribution in [-0.2, 0) is 0 Å². The highest BCUT2D eigenvalue weighted by Crippen LogP contribution is 2.47. The lowest BCUT2D eigenvalue weighted by atomic mass is 9.99. The Kier molecular flexibility index (Phi) is 3.98. The molecule has 0 heterocycles. The van der Waals surface area contributed by atoms with E-state index in [-0.39, 0.29) is 0 Å². The zero-order valence-corrected chi connectivity index (χ0v) is 9.65. The monoisotopic (exact) mass is 300 g/mol. The van der Waals surface area contributed by atoms with Crippen LogP contribution in [0.4, 0.5) is 30.7 Å². The molecule has 0 saturated carbocycles. The Labute approximate surface area is 108 Å². The molecule has 0 amide bonds. The molecule has 8 heteroatoms. The first-order chi connectivity index (χ1) is 8.95. The molecular formula is C12H7F7O. The van der Waals surface area contributed by atoms with E-state index in [1.54, 1.807) is 0 Å². The van der Waals surface area contributed by atoms with Gasteiger partial charge in [0.2, 0.25) is 5.78 Å². The molecule has 0 radical (unpaired) electrons. The van der Waals surface area contributed by atoms with E-state index in [9.17, 15) is 35.5 Å². The minimum absolute atomic E-state index is 0.382. The van der Waals surface area contributed by atoms with Crippen molar-refractivity contribution in [3.8, 4) is 0 Å². The Morgan fingerprint density at radius 1 is 0.950 bits per heavy atom. The second-order valence-electron chi connectivity index (χ2n) is 3.80. The fraction of sp³-hybridized carbons (Fsp3) is 0.250.